The highest BCUT2D eigenvalue weighted by Crippen LogP contribution is 2.24. The van der Waals surface area contributed by atoms with Gasteiger partial charge in [-0.2, -0.15) is 4.31 Å². The highest BCUT2D eigenvalue weighted by Gasteiger charge is 2.27. The van der Waals surface area contributed by atoms with Crippen LogP contribution >= 0.6 is 0 Å². The summed E-state index contributed by atoms with van der Waals surface area (Å²) in [5, 5.41) is 2.86. The average Bonchev–Trinajstić information content (AvgIpc) is 2.66. The van der Waals surface area contributed by atoms with E-state index in [1.54, 1.807) is 18.2 Å². The molecule has 3 rings (SSSR count). The standard InChI is InChI=1S/C20H24N2O4S/c1-14-5-4-6-18(16(14)3)20(23)21-19-13-17(8-7-15(19)2)27(24,25)22-9-11-26-12-10-22/h4-8,13H,9-12H2,1-3H3,(H,21,23). The molecule has 0 spiro atoms. The Bertz CT molecular complexity index is 964. The molecule has 0 saturated carbocycles. The highest BCUT2D eigenvalue weighted by molar-refractivity contribution is 7.89. The van der Waals surface area contributed by atoms with Gasteiger partial charge in [-0.1, -0.05) is 18.2 Å². The van der Waals surface area contributed by atoms with Crippen molar-refractivity contribution in [3.8, 4) is 0 Å². The van der Waals surface area contributed by atoms with Gasteiger partial charge in [0.15, 0.2) is 0 Å². The summed E-state index contributed by atoms with van der Waals surface area (Å²) >= 11 is 0. The SMILES string of the molecule is Cc1ccc(S(=O)(=O)N2CCOCC2)cc1NC(=O)c1cccc(C)c1C. The van der Waals surface area contributed by atoms with Gasteiger partial charge in [-0.25, -0.2) is 8.42 Å². The molecule has 1 heterocycles. The second-order valence-corrected chi connectivity index (χ2v) is 8.63. The third kappa shape index (κ3) is 4.05. The molecule has 7 heteroatoms. The molecule has 0 aliphatic carbocycles. The number of rotatable bonds is 4. The lowest BCUT2D eigenvalue weighted by molar-refractivity contribution is 0.0730. The smallest absolute Gasteiger partial charge is 0.255 e. The van der Waals surface area contributed by atoms with E-state index in [0.717, 1.165) is 16.7 Å². The number of carbonyl (C=O) groups is 1. The number of sulfonamides is 1. The fourth-order valence-electron chi connectivity index (χ4n) is 3.02. The third-order valence-electron chi connectivity index (χ3n) is 4.91. The van der Waals surface area contributed by atoms with Crippen molar-refractivity contribution in [2.45, 2.75) is 25.7 Å². The predicted octanol–water partition coefficient (Wildman–Crippen LogP) is 2.89. The van der Waals surface area contributed by atoms with E-state index in [0.29, 0.717) is 37.6 Å². The maximum Gasteiger partial charge on any atom is 0.255 e. The molecule has 0 atom stereocenters. The van der Waals surface area contributed by atoms with Crippen molar-refractivity contribution in [3.05, 3.63) is 58.7 Å². The summed E-state index contributed by atoms with van der Waals surface area (Å²) in [5.74, 6) is -0.250. The summed E-state index contributed by atoms with van der Waals surface area (Å²) in [7, 11) is -3.61. The molecule has 1 amide bonds. The van der Waals surface area contributed by atoms with Crippen LogP contribution in [0.25, 0.3) is 0 Å². The van der Waals surface area contributed by atoms with Gasteiger partial charge in [-0.15, -0.1) is 0 Å². The van der Waals surface area contributed by atoms with Gasteiger partial charge in [0.05, 0.1) is 18.1 Å². The summed E-state index contributed by atoms with van der Waals surface area (Å²) in [6.07, 6.45) is 0. The lowest BCUT2D eigenvalue weighted by atomic mass is 10.0. The van der Waals surface area contributed by atoms with Crippen molar-refractivity contribution < 1.29 is 17.9 Å². The molecule has 27 heavy (non-hydrogen) atoms. The molecule has 1 saturated heterocycles. The molecule has 144 valence electrons. The quantitative estimate of drug-likeness (QED) is 0.874. The van der Waals surface area contributed by atoms with E-state index in [4.69, 9.17) is 4.74 Å². The van der Waals surface area contributed by atoms with E-state index in [1.807, 2.05) is 32.9 Å². The third-order valence-corrected chi connectivity index (χ3v) is 6.81. The summed E-state index contributed by atoms with van der Waals surface area (Å²) in [6, 6.07) is 10.4. The lowest BCUT2D eigenvalue weighted by Crippen LogP contribution is -2.40. The molecule has 0 unspecified atom stereocenters. The maximum atomic E-state index is 12.9. The summed E-state index contributed by atoms with van der Waals surface area (Å²) < 4.78 is 32.4. The number of nitrogens with zero attached hydrogens (tertiary/aromatic N) is 1. The summed E-state index contributed by atoms with van der Waals surface area (Å²) in [6.45, 7) is 7.14. The molecule has 0 aromatic heterocycles. The van der Waals surface area contributed by atoms with Crippen LogP contribution in [-0.4, -0.2) is 44.9 Å². The fraction of sp³-hybridized carbons (Fsp3) is 0.350. The number of amides is 1. The number of carbonyl (C=O) groups excluding carboxylic acids is 1. The zero-order chi connectivity index (χ0) is 19.6. The van der Waals surface area contributed by atoms with Gasteiger partial charge in [-0.3, -0.25) is 4.79 Å². The Morgan fingerprint density at radius 2 is 1.74 bits per heavy atom. The van der Waals surface area contributed by atoms with Gasteiger partial charge in [0.2, 0.25) is 10.0 Å². The van der Waals surface area contributed by atoms with Crippen LogP contribution in [0.3, 0.4) is 0 Å². The minimum absolute atomic E-state index is 0.172. The Labute approximate surface area is 160 Å². The summed E-state index contributed by atoms with van der Waals surface area (Å²) in [5.41, 5.74) is 3.81. The number of aryl methyl sites for hydroxylation is 2. The number of anilines is 1. The van der Waals surface area contributed by atoms with Crippen molar-refractivity contribution in [2.75, 3.05) is 31.6 Å². The first-order chi connectivity index (χ1) is 12.8. The van der Waals surface area contributed by atoms with Crippen LogP contribution in [0.4, 0.5) is 5.69 Å². The molecule has 0 radical (unpaired) electrons. The second kappa shape index (κ2) is 7.80. The molecule has 0 bridgehead atoms. The normalized spacial score (nSPS) is 15.5. The molecule has 2 aromatic carbocycles. The molecular weight excluding hydrogens is 364 g/mol. The molecular formula is C20H24N2O4S. The maximum absolute atomic E-state index is 12.9. The average molecular weight is 388 g/mol. The summed E-state index contributed by atoms with van der Waals surface area (Å²) in [4.78, 5) is 12.9. The molecule has 6 nitrogen and oxygen atoms in total. The minimum Gasteiger partial charge on any atom is -0.379 e. The molecule has 1 aliphatic rings. The van der Waals surface area contributed by atoms with Crippen LogP contribution < -0.4 is 5.32 Å². The number of hydrogen-bond donors (Lipinski definition) is 1. The highest BCUT2D eigenvalue weighted by atomic mass is 32.2. The number of hydrogen-bond acceptors (Lipinski definition) is 4. The number of morpholine rings is 1. The van der Waals surface area contributed by atoms with Crippen LogP contribution in [0, 0.1) is 20.8 Å². The van der Waals surface area contributed by atoms with Gasteiger partial charge in [0.1, 0.15) is 0 Å². The zero-order valence-electron chi connectivity index (χ0n) is 15.8. The van der Waals surface area contributed by atoms with Crippen LogP contribution in [0.15, 0.2) is 41.3 Å². The van der Waals surface area contributed by atoms with E-state index >= 15 is 0 Å². The van der Waals surface area contributed by atoms with Crippen LogP contribution in [-0.2, 0) is 14.8 Å². The van der Waals surface area contributed by atoms with Gasteiger partial charge in [0.25, 0.3) is 5.91 Å². The Hall–Kier alpha value is -2.22. The fourth-order valence-corrected chi connectivity index (χ4v) is 4.45. The van der Waals surface area contributed by atoms with Gasteiger partial charge in [-0.05, 0) is 55.7 Å². The number of benzene rings is 2. The van der Waals surface area contributed by atoms with E-state index in [-0.39, 0.29) is 10.8 Å². The Morgan fingerprint density at radius 1 is 1.04 bits per heavy atom. The predicted molar refractivity (Wildman–Crippen MR) is 105 cm³/mol. The van der Waals surface area contributed by atoms with Gasteiger partial charge >= 0.3 is 0 Å². The van der Waals surface area contributed by atoms with Crippen LogP contribution in [0.1, 0.15) is 27.0 Å². The molecule has 1 aliphatic heterocycles. The minimum atomic E-state index is -3.61. The Balaban J connectivity index is 1.89. The van der Waals surface area contributed by atoms with Crippen LogP contribution in [0.2, 0.25) is 0 Å². The molecule has 1 fully saturated rings. The topological polar surface area (TPSA) is 75.7 Å². The van der Waals surface area contributed by atoms with E-state index in [9.17, 15) is 13.2 Å². The second-order valence-electron chi connectivity index (χ2n) is 6.69. The lowest BCUT2D eigenvalue weighted by Gasteiger charge is -2.26. The zero-order valence-corrected chi connectivity index (χ0v) is 16.6. The van der Waals surface area contributed by atoms with Gasteiger partial charge in [0, 0.05) is 24.3 Å². The Kier molecular flexibility index (Phi) is 5.64. The van der Waals surface area contributed by atoms with Crippen molar-refractivity contribution in [2.24, 2.45) is 0 Å². The monoisotopic (exact) mass is 388 g/mol. The Morgan fingerprint density at radius 3 is 2.44 bits per heavy atom. The number of ether oxygens (including phenoxy) is 1. The molecule has 2 aromatic rings. The van der Waals surface area contributed by atoms with Crippen molar-refractivity contribution in [1.29, 1.82) is 0 Å². The first-order valence-electron chi connectivity index (χ1n) is 8.87. The largest absolute Gasteiger partial charge is 0.379 e. The van der Waals surface area contributed by atoms with E-state index in [2.05, 4.69) is 5.32 Å². The first kappa shape index (κ1) is 19.5. The first-order valence-corrected chi connectivity index (χ1v) is 10.3. The molecule has 1 N–H and O–H groups in total. The van der Waals surface area contributed by atoms with E-state index < -0.39 is 10.0 Å². The van der Waals surface area contributed by atoms with Gasteiger partial charge < -0.3 is 10.1 Å². The van der Waals surface area contributed by atoms with E-state index in [1.165, 1.54) is 10.4 Å². The number of nitrogens with one attached hydrogen (secondary N) is 1. The van der Waals surface area contributed by atoms with Crippen LogP contribution in [0.5, 0.6) is 0 Å². The van der Waals surface area contributed by atoms with Crippen molar-refractivity contribution >= 4 is 21.6 Å². The van der Waals surface area contributed by atoms with Crippen molar-refractivity contribution in [3.63, 3.8) is 0 Å². The van der Waals surface area contributed by atoms with Crippen molar-refractivity contribution in [1.82, 2.24) is 4.31 Å².